The maximum atomic E-state index is 12.1. The SMILES string of the molecule is O=C(COC1CCCCC1)Nc1ccc(-c2nc3cc(Cl)ccc3o2)cc1. The number of nitrogens with one attached hydrogen (secondary N) is 1. The van der Waals surface area contributed by atoms with Crippen molar-refractivity contribution in [3.8, 4) is 11.5 Å². The van der Waals surface area contributed by atoms with Gasteiger partial charge in [-0.25, -0.2) is 4.98 Å². The molecule has 1 heterocycles. The van der Waals surface area contributed by atoms with Crippen LogP contribution in [0.25, 0.3) is 22.6 Å². The molecule has 1 N–H and O–H groups in total. The summed E-state index contributed by atoms with van der Waals surface area (Å²) in [5.74, 6) is 0.385. The molecule has 2 aromatic carbocycles. The molecule has 0 aliphatic heterocycles. The molecular weight excluding hydrogens is 364 g/mol. The van der Waals surface area contributed by atoms with E-state index < -0.39 is 0 Å². The van der Waals surface area contributed by atoms with Gasteiger partial charge in [0.1, 0.15) is 12.1 Å². The monoisotopic (exact) mass is 384 g/mol. The predicted molar refractivity (Wildman–Crippen MR) is 106 cm³/mol. The van der Waals surface area contributed by atoms with E-state index in [1.807, 2.05) is 24.3 Å². The number of ether oxygens (including phenoxy) is 1. The molecule has 1 saturated carbocycles. The van der Waals surface area contributed by atoms with Gasteiger partial charge in [-0.1, -0.05) is 30.9 Å². The standard InChI is InChI=1S/C21H21ClN2O3/c22-15-8-11-19-18(12-15)24-21(27-19)14-6-9-16(10-7-14)23-20(25)13-26-17-4-2-1-3-5-17/h6-12,17H,1-5,13H2,(H,23,25). The van der Waals surface area contributed by atoms with Crippen molar-refractivity contribution in [3.63, 3.8) is 0 Å². The second-order valence-corrected chi connectivity index (χ2v) is 7.26. The van der Waals surface area contributed by atoms with Crippen LogP contribution in [0.5, 0.6) is 0 Å². The number of aromatic nitrogens is 1. The third-order valence-electron chi connectivity index (χ3n) is 4.77. The molecule has 1 amide bonds. The molecule has 4 rings (SSSR count). The summed E-state index contributed by atoms with van der Waals surface area (Å²) < 4.78 is 11.5. The van der Waals surface area contributed by atoms with Gasteiger partial charge in [0.25, 0.3) is 0 Å². The van der Waals surface area contributed by atoms with Gasteiger partial charge in [-0.3, -0.25) is 4.79 Å². The summed E-state index contributed by atoms with van der Waals surface area (Å²) in [5, 5.41) is 3.48. The summed E-state index contributed by atoms with van der Waals surface area (Å²) in [5.41, 5.74) is 2.95. The smallest absolute Gasteiger partial charge is 0.250 e. The summed E-state index contributed by atoms with van der Waals surface area (Å²) >= 11 is 5.99. The van der Waals surface area contributed by atoms with Crippen LogP contribution in [0.15, 0.2) is 46.9 Å². The molecule has 1 aliphatic carbocycles. The summed E-state index contributed by atoms with van der Waals surface area (Å²) in [6.07, 6.45) is 5.98. The lowest BCUT2D eigenvalue weighted by Gasteiger charge is -2.21. The number of benzene rings is 2. The van der Waals surface area contributed by atoms with Crippen molar-refractivity contribution >= 4 is 34.3 Å². The predicted octanol–water partition coefficient (Wildman–Crippen LogP) is 5.44. The van der Waals surface area contributed by atoms with Gasteiger partial charge in [-0.2, -0.15) is 0 Å². The van der Waals surface area contributed by atoms with Crippen molar-refractivity contribution in [3.05, 3.63) is 47.5 Å². The first kappa shape index (κ1) is 18.0. The fourth-order valence-corrected chi connectivity index (χ4v) is 3.51. The fraction of sp³-hybridized carbons (Fsp3) is 0.333. The summed E-state index contributed by atoms with van der Waals surface area (Å²) in [7, 11) is 0. The Labute approximate surface area is 162 Å². The van der Waals surface area contributed by atoms with Gasteiger partial charge in [-0.15, -0.1) is 0 Å². The zero-order valence-electron chi connectivity index (χ0n) is 14.9. The first-order valence-corrected chi connectivity index (χ1v) is 9.63. The van der Waals surface area contributed by atoms with Crippen molar-refractivity contribution in [2.24, 2.45) is 0 Å². The van der Waals surface area contributed by atoms with Gasteiger partial charge in [0.05, 0.1) is 6.10 Å². The van der Waals surface area contributed by atoms with Crippen molar-refractivity contribution in [2.75, 3.05) is 11.9 Å². The van der Waals surface area contributed by atoms with Crippen LogP contribution in [0.4, 0.5) is 5.69 Å². The van der Waals surface area contributed by atoms with Crippen LogP contribution in [0.2, 0.25) is 5.02 Å². The highest BCUT2D eigenvalue weighted by atomic mass is 35.5. The second-order valence-electron chi connectivity index (χ2n) is 6.83. The average molecular weight is 385 g/mol. The Bertz CT molecular complexity index is 930. The van der Waals surface area contributed by atoms with Crippen LogP contribution in [0.1, 0.15) is 32.1 Å². The van der Waals surface area contributed by atoms with E-state index in [1.165, 1.54) is 19.3 Å². The lowest BCUT2D eigenvalue weighted by atomic mass is 9.98. The minimum Gasteiger partial charge on any atom is -0.436 e. The van der Waals surface area contributed by atoms with E-state index in [1.54, 1.807) is 18.2 Å². The zero-order chi connectivity index (χ0) is 18.6. The van der Waals surface area contributed by atoms with Crippen LogP contribution in [-0.4, -0.2) is 23.6 Å². The van der Waals surface area contributed by atoms with E-state index in [9.17, 15) is 4.79 Å². The number of rotatable bonds is 5. The molecule has 5 nitrogen and oxygen atoms in total. The molecule has 0 atom stereocenters. The average Bonchev–Trinajstić information content (AvgIpc) is 3.11. The Morgan fingerprint density at radius 3 is 2.70 bits per heavy atom. The van der Waals surface area contributed by atoms with Crippen molar-refractivity contribution in [1.82, 2.24) is 4.98 Å². The first-order chi connectivity index (χ1) is 13.2. The van der Waals surface area contributed by atoms with Gasteiger partial charge in [0, 0.05) is 16.3 Å². The molecule has 0 saturated heterocycles. The van der Waals surface area contributed by atoms with Crippen LogP contribution >= 0.6 is 11.6 Å². The van der Waals surface area contributed by atoms with Gasteiger partial charge in [-0.05, 0) is 55.3 Å². The van der Waals surface area contributed by atoms with Crippen LogP contribution in [0, 0.1) is 0 Å². The van der Waals surface area contributed by atoms with E-state index >= 15 is 0 Å². The van der Waals surface area contributed by atoms with E-state index in [2.05, 4.69) is 10.3 Å². The second kappa shape index (κ2) is 8.11. The number of halogens is 1. The third kappa shape index (κ3) is 4.49. The maximum Gasteiger partial charge on any atom is 0.250 e. The Kier molecular flexibility index (Phi) is 5.41. The number of nitrogens with zero attached hydrogens (tertiary/aromatic N) is 1. The minimum absolute atomic E-state index is 0.0955. The molecule has 1 fully saturated rings. The van der Waals surface area contributed by atoms with Crippen LogP contribution in [-0.2, 0) is 9.53 Å². The molecule has 1 aromatic heterocycles. The summed E-state index contributed by atoms with van der Waals surface area (Å²) in [6, 6.07) is 12.7. The van der Waals surface area contributed by atoms with Crippen molar-refractivity contribution < 1.29 is 13.9 Å². The Morgan fingerprint density at radius 2 is 1.93 bits per heavy atom. The normalized spacial score (nSPS) is 15.1. The van der Waals surface area contributed by atoms with Crippen LogP contribution < -0.4 is 5.32 Å². The van der Waals surface area contributed by atoms with Gasteiger partial charge >= 0.3 is 0 Å². The molecule has 0 unspecified atom stereocenters. The number of amides is 1. The number of oxazole rings is 1. The van der Waals surface area contributed by atoms with E-state index in [0.29, 0.717) is 16.5 Å². The summed E-state index contributed by atoms with van der Waals surface area (Å²) in [4.78, 5) is 16.5. The highest BCUT2D eigenvalue weighted by Crippen LogP contribution is 2.27. The number of carbonyl (C=O) groups is 1. The molecule has 0 bridgehead atoms. The Morgan fingerprint density at radius 1 is 1.15 bits per heavy atom. The van der Waals surface area contributed by atoms with Crippen LogP contribution in [0.3, 0.4) is 0 Å². The molecule has 0 radical (unpaired) electrons. The van der Waals surface area contributed by atoms with E-state index in [4.69, 9.17) is 20.8 Å². The van der Waals surface area contributed by atoms with Gasteiger partial charge in [0.15, 0.2) is 5.58 Å². The number of hydrogen-bond donors (Lipinski definition) is 1. The van der Waals surface area contributed by atoms with E-state index in [-0.39, 0.29) is 18.6 Å². The quantitative estimate of drug-likeness (QED) is 0.636. The maximum absolute atomic E-state index is 12.1. The number of fused-ring (bicyclic) bond motifs is 1. The topological polar surface area (TPSA) is 64.4 Å². The van der Waals surface area contributed by atoms with Gasteiger partial charge in [0.2, 0.25) is 11.8 Å². The molecule has 27 heavy (non-hydrogen) atoms. The zero-order valence-corrected chi connectivity index (χ0v) is 15.7. The minimum atomic E-state index is -0.134. The largest absolute Gasteiger partial charge is 0.436 e. The summed E-state index contributed by atoms with van der Waals surface area (Å²) in [6.45, 7) is 0.0955. The van der Waals surface area contributed by atoms with E-state index in [0.717, 1.165) is 29.6 Å². The molecule has 3 aromatic rings. The number of anilines is 1. The molecule has 1 aliphatic rings. The molecular formula is C21H21ClN2O3. The lowest BCUT2D eigenvalue weighted by Crippen LogP contribution is -2.24. The lowest BCUT2D eigenvalue weighted by molar-refractivity contribution is -0.123. The first-order valence-electron chi connectivity index (χ1n) is 9.25. The van der Waals surface area contributed by atoms with Crippen molar-refractivity contribution in [2.45, 2.75) is 38.2 Å². The molecule has 140 valence electrons. The van der Waals surface area contributed by atoms with Gasteiger partial charge < -0.3 is 14.5 Å². The molecule has 0 spiro atoms. The highest BCUT2D eigenvalue weighted by molar-refractivity contribution is 6.31. The third-order valence-corrected chi connectivity index (χ3v) is 5.00. The number of carbonyl (C=O) groups excluding carboxylic acids is 1. The Hall–Kier alpha value is -2.37. The number of hydrogen-bond acceptors (Lipinski definition) is 4. The van der Waals surface area contributed by atoms with Crippen molar-refractivity contribution in [1.29, 1.82) is 0 Å². The fourth-order valence-electron chi connectivity index (χ4n) is 3.34. The Balaban J connectivity index is 1.37. The highest BCUT2D eigenvalue weighted by Gasteiger charge is 2.15. The molecule has 6 heteroatoms.